The summed E-state index contributed by atoms with van der Waals surface area (Å²) in [4.78, 5) is 11.3. The van der Waals surface area contributed by atoms with Gasteiger partial charge >= 0.3 is 5.97 Å². The lowest BCUT2D eigenvalue weighted by Crippen LogP contribution is -2.17. The lowest BCUT2D eigenvalue weighted by Gasteiger charge is -2.10. The van der Waals surface area contributed by atoms with E-state index < -0.39 is 16.0 Å². The van der Waals surface area contributed by atoms with Crippen LogP contribution in [0.4, 0.5) is 5.69 Å². The minimum Gasteiger partial charge on any atom is -0.465 e. The lowest BCUT2D eigenvalue weighted by atomic mass is 10.1. The average molecular weight is 271 g/mol. The van der Waals surface area contributed by atoms with Crippen molar-refractivity contribution in [3.8, 4) is 0 Å². The van der Waals surface area contributed by atoms with Crippen LogP contribution in [0.1, 0.15) is 29.3 Å². The molecule has 0 saturated carbocycles. The number of esters is 1. The second kappa shape index (κ2) is 5.86. The maximum absolute atomic E-state index is 11.6. The van der Waals surface area contributed by atoms with E-state index in [2.05, 4.69) is 9.46 Å². The molecular formula is C12H17NO4S. The second-order valence-corrected chi connectivity index (χ2v) is 5.78. The molecule has 0 saturated heterocycles. The summed E-state index contributed by atoms with van der Waals surface area (Å²) in [5, 5.41) is 0. The van der Waals surface area contributed by atoms with Gasteiger partial charge in [-0.2, -0.15) is 0 Å². The van der Waals surface area contributed by atoms with E-state index in [9.17, 15) is 13.2 Å². The molecule has 0 radical (unpaired) electrons. The van der Waals surface area contributed by atoms with Gasteiger partial charge in [0.2, 0.25) is 10.0 Å². The van der Waals surface area contributed by atoms with E-state index in [1.165, 1.54) is 13.2 Å². The van der Waals surface area contributed by atoms with Gasteiger partial charge < -0.3 is 4.74 Å². The van der Waals surface area contributed by atoms with Gasteiger partial charge in [0.25, 0.3) is 0 Å². The first-order valence-electron chi connectivity index (χ1n) is 5.59. The van der Waals surface area contributed by atoms with Crippen LogP contribution in [0.25, 0.3) is 0 Å². The van der Waals surface area contributed by atoms with Crippen molar-refractivity contribution in [1.29, 1.82) is 0 Å². The highest BCUT2D eigenvalue weighted by Gasteiger charge is 2.12. The minimum atomic E-state index is -3.31. The molecule has 6 heteroatoms. The Morgan fingerprint density at radius 2 is 2.06 bits per heavy atom. The number of sulfonamides is 1. The van der Waals surface area contributed by atoms with E-state index in [1.54, 1.807) is 26.0 Å². The van der Waals surface area contributed by atoms with Crippen LogP contribution >= 0.6 is 0 Å². The summed E-state index contributed by atoms with van der Waals surface area (Å²) in [5.74, 6) is -0.369. The van der Waals surface area contributed by atoms with Gasteiger partial charge in [-0.05, 0) is 37.1 Å². The van der Waals surface area contributed by atoms with Gasteiger partial charge in [0.1, 0.15) is 0 Å². The molecule has 0 aliphatic carbocycles. The highest BCUT2D eigenvalue weighted by molar-refractivity contribution is 7.92. The van der Waals surface area contributed by atoms with E-state index in [1.807, 2.05) is 0 Å². The molecule has 0 spiro atoms. The minimum absolute atomic E-state index is 0.0746. The van der Waals surface area contributed by atoms with E-state index in [-0.39, 0.29) is 5.75 Å². The summed E-state index contributed by atoms with van der Waals surface area (Å²) in [6, 6.07) is 4.69. The van der Waals surface area contributed by atoms with Crippen LogP contribution in [-0.4, -0.2) is 27.2 Å². The van der Waals surface area contributed by atoms with Gasteiger partial charge in [0.15, 0.2) is 0 Å². The zero-order valence-electron chi connectivity index (χ0n) is 10.7. The smallest absolute Gasteiger partial charge is 0.337 e. The van der Waals surface area contributed by atoms with Crippen LogP contribution in [0.2, 0.25) is 0 Å². The molecule has 100 valence electrons. The third-order valence-electron chi connectivity index (χ3n) is 2.39. The van der Waals surface area contributed by atoms with Crippen molar-refractivity contribution in [2.75, 3.05) is 17.6 Å². The number of ether oxygens (including phenoxy) is 1. The van der Waals surface area contributed by atoms with Gasteiger partial charge in [-0.1, -0.05) is 6.92 Å². The molecule has 18 heavy (non-hydrogen) atoms. The molecule has 0 amide bonds. The van der Waals surface area contributed by atoms with Crippen LogP contribution in [-0.2, 0) is 14.8 Å². The molecule has 0 aliphatic heterocycles. The third kappa shape index (κ3) is 3.73. The first-order valence-corrected chi connectivity index (χ1v) is 7.24. The number of nitrogens with one attached hydrogen (secondary N) is 1. The quantitative estimate of drug-likeness (QED) is 0.831. The molecule has 5 nitrogen and oxygen atoms in total. The molecule has 0 unspecified atom stereocenters. The molecule has 0 fully saturated rings. The first-order chi connectivity index (χ1) is 8.39. The third-order valence-corrected chi connectivity index (χ3v) is 3.86. The Hall–Kier alpha value is -1.56. The van der Waals surface area contributed by atoms with Crippen molar-refractivity contribution in [3.63, 3.8) is 0 Å². The number of hydrogen-bond donors (Lipinski definition) is 1. The van der Waals surface area contributed by atoms with Crippen LogP contribution in [0.15, 0.2) is 18.2 Å². The van der Waals surface area contributed by atoms with Crippen LogP contribution < -0.4 is 4.72 Å². The van der Waals surface area contributed by atoms with Crippen molar-refractivity contribution in [2.45, 2.75) is 20.3 Å². The van der Waals surface area contributed by atoms with Crippen molar-refractivity contribution < 1.29 is 17.9 Å². The van der Waals surface area contributed by atoms with E-state index in [0.717, 1.165) is 0 Å². The van der Waals surface area contributed by atoms with E-state index in [4.69, 9.17) is 0 Å². The summed E-state index contributed by atoms with van der Waals surface area (Å²) in [6.45, 7) is 3.53. The van der Waals surface area contributed by atoms with Gasteiger partial charge in [0, 0.05) is 0 Å². The Morgan fingerprint density at radius 1 is 1.39 bits per heavy atom. The summed E-state index contributed by atoms with van der Waals surface area (Å²) < 4.78 is 30.3. The van der Waals surface area contributed by atoms with Crippen LogP contribution in [0.3, 0.4) is 0 Å². The topological polar surface area (TPSA) is 72.5 Å². The predicted octanol–water partition coefficient (Wildman–Crippen LogP) is 1.93. The summed E-state index contributed by atoms with van der Waals surface area (Å²) >= 11 is 0. The Balaban J connectivity index is 2.97. The van der Waals surface area contributed by atoms with Gasteiger partial charge in [0.05, 0.1) is 24.1 Å². The average Bonchev–Trinajstić information content (AvgIpc) is 2.30. The number of benzene rings is 1. The lowest BCUT2D eigenvalue weighted by molar-refractivity contribution is 0.0600. The Labute approximate surface area is 107 Å². The molecule has 0 heterocycles. The zero-order chi connectivity index (χ0) is 13.8. The summed E-state index contributed by atoms with van der Waals surface area (Å²) in [6.07, 6.45) is 0.550. The van der Waals surface area contributed by atoms with Crippen LogP contribution in [0, 0.1) is 6.92 Å². The number of carbonyl (C=O) groups is 1. The molecule has 0 bridgehead atoms. The highest BCUT2D eigenvalue weighted by Crippen LogP contribution is 2.18. The number of carbonyl (C=O) groups excluding carboxylic acids is 1. The highest BCUT2D eigenvalue weighted by atomic mass is 32.2. The van der Waals surface area contributed by atoms with Crippen molar-refractivity contribution in [3.05, 3.63) is 29.3 Å². The molecule has 0 aliphatic rings. The fourth-order valence-corrected chi connectivity index (χ4v) is 2.71. The fourth-order valence-electron chi connectivity index (χ4n) is 1.51. The van der Waals surface area contributed by atoms with Gasteiger partial charge in [-0.15, -0.1) is 0 Å². The summed E-state index contributed by atoms with van der Waals surface area (Å²) in [5.41, 5.74) is 1.56. The molecule has 1 rings (SSSR count). The summed E-state index contributed by atoms with van der Waals surface area (Å²) in [7, 11) is -2.01. The Morgan fingerprint density at radius 3 is 2.56 bits per heavy atom. The number of hydrogen-bond acceptors (Lipinski definition) is 4. The SMILES string of the molecule is CCCS(=O)(=O)Nc1ccc(C(=O)OC)cc1C. The number of aryl methyl sites for hydroxylation is 1. The Bertz CT molecular complexity index is 537. The largest absolute Gasteiger partial charge is 0.465 e. The molecule has 1 aromatic carbocycles. The zero-order valence-corrected chi connectivity index (χ0v) is 11.5. The molecular weight excluding hydrogens is 254 g/mol. The monoisotopic (exact) mass is 271 g/mol. The van der Waals surface area contributed by atoms with Crippen molar-refractivity contribution in [1.82, 2.24) is 0 Å². The first kappa shape index (κ1) is 14.5. The van der Waals surface area contributed by atoms with Gasteiger partial charge in [-0.3, -0.25) is 4.72 Å². The number of rotatable bonds is 5. The van der Waals surface area contributed by atoms with Crippen LogP contribution in [0.5, 0.6) is 0 Å². The predicted molar refractivity (Wildman–Crippen MR) is 70.2 cm³/mol. The Kier molecular flexibility index (Phi) is 4.72. The van der Waals surface area contributed by atoms with E-state index in [0.29, 0.717) is 23.2 Å². The fraction of sp³-hybridized carbons (Fsp3) is 0.417. The van der Waals surface area contributed by atoms with Gasteiger partial charge in [-0.25, -0.2) is 13.2 Å². The molecule has 0 atom stereocenters. The standard InChI is InChI=1S/C12H17NO4S/c1-4-7-18(15,16)13-11-6-5-10(8-9(11)2)12(14)17-3/h5-6,8,13H,4,7H2,1-3H3. The van der Waals surface area contributed by atoms with Crippen molar-refractivity contribution >= 4 is 21.7 Å². The number of anilines is 1. The molecule has 1 N–H and O–H groups in total. The maximum atomic E-state index is 11.6. The normalized spacial score (nSPS) is 11.1. The number of methoxy groups -OCH3 is 1. The second-order valence-electron chi connectivity index (χ2n) is 3.94. The van der Waals surface area contributed by atoms with Crippen molar-refractivity contribution in [2.24, 2.45) is 0 Å². The molecule has 0 aromatic heterocycles. The maximum Gasteiger partial charge on any atom is 0.337 e. The molecule has 1 aromatic rings. The van der Waals surface area contributed by atoms with E-state index >= 15 is 0 Å².